The number of thiazole rings is 2. The number of carbonyl (C=O) groups excluding carboxylic acids is 4. The molecule has 0 fully saturated rings. The molecule has 0 atom stereocenters. The summed E-state index contributed by atoms with van der Waals surface area (Å²) in [5, 5.41) is 38.3. The molecule has 0 saturated carbocycles. The van der Waals surface area contributed by atoms with Crippen LogP contribution in [0, 0.1) is 43.8 Å². The number of rotatable bonds is 11. The molecule has 0 unspecified atom stereocenters. The summed E-state index contributed by atoms with van der Waals surface area (Å²) >= 11 is 3.19. The van der Waals surface area contributed by atoms with E-state index < -0.39 is 17.4 Å². The number of anilines is 1. The molecule has 18 nitrogen and oxygen atoms in total. The van der Waals surface area contributed by atoms with E-state index in [0.717, 1.165) is 88.6 Å². The summed E-state index contributed by atoms with van der Waals surface area (Å²) in [6.07, 6.45) is 10.5. The van der Waals surface area contributed by atoms with Gasteiger partial charge in [0.05, 0.1) is 57.5 Å². The van der Waals surface area contributed by atoms with Crippen molar-refractivity contribution in [3.8, 4) is 55.1 Å². The molecule has 0 aliphatic carbocycles. The summed E-state index contributed by atoms with van der Waals surface area (Å²) in [6.45, 7) is 11.4. The Morgan fingerprint density at radius 1 is 0.458 bits per heavy atom. The van der Waals surface area contributed by atoms with Gasteiger partial charge in [-0.25, -0.2) is 5.98 Å². The number of oxazole rings is 1. The number of carbonyl (C=O) groups is 4. The summed E-state index contributed by atoms with van der Waals surface area (Å²) in [7, 11) is 5.89. The molecule has 1 aliphatic rings. The minimum Gasteiger partial charge on any atom is -0.512 e. The van der Waals surface area contributed by atoms with Gasteiger partial charge in [0.25, 0.3) is 5.63 Å². The van der Waals surface area contributed by atoms with Gasteiger partial charge in [-0.3, -0.25) is 38.9 Å². The maximum Gasteiger partial charge on any atom is 0.381 e. The predicted molar refractivity (Wildman–Crippen MR) is 496 cm³/mol. The Labute approximate surface area is 850 Å². The van der Waals surface area contributed by atoms with E-state index in [-0.39, 0.29) is 175 Å². The number of hydrogen-bond acceptors (Lipinski definition) is 20. The van der Waals surface area contributed by atoms with Gasteiger partial charge in [0.2, 0.25) is 0 Å². The minimum atomic E-state index is -4.32. The molecule has 30 heteroatoms. The second-order valence-electron chi connectivity index (χ2n) is 26.7. The van der Waals surface area contributed by atoms with Crippen LogP contribution < -0.4 is 10.5 Å². The molecule has 1 aliphatic heterocycles. The number of benzene rings is 9. The van der Waals surface area contributed by atoms with E-state index in [1.807, 2.05) is 202 Å². The van der Waals surface area contributed by atoms with Crippen molar-refractivity contribution in [1.82, 2.24) is 29.9 Å². The molecule has 0 bridgehead atoms. The quantitative estimate of drug-likeness (QED) is 0.0308. The maximum atomic E-state index is 12.3. The Balaban J connectivity index is 0.000000743. The third-order valence-corrected chi connectivity index (χ3v) is 18.1. The molecule has 16 aromatic rings. The molecule has 6 radical (unpaired) electrons. The maximum absolute atomic E-state index is 12.3. The summed E-state index contributed by atoms with van der Waals surface area (Å²) in [4.78, 5) is 80.4. The summed E-state index contributed by atoms with van der Waals surface area (Å²) in [6, 6.07) is 93.0. The van der Waals surface area contributed by atoms with Crippen LogP contribution in [0.25, 0.3) is 114 Å². The molecule has 131 heavy (non-hydrogen) atoms. The topological polar surface area (TPSA) is 273 Å². The van der Waals surface area contributed by atoms with Crippen molar-refractivity contribution in [1.29, 1.82) is 0 Å². The van der Waals surface area contributed by atoms with Gasteiger partial charge >= 0.3 is 6.18 Å². The number of aliphatic hydroxyl groups excluding tert-OH is 4. The average molecular weight is 2860 g/mol. The molecule has 0 amide bonds. The van der Waals surface area contributed by atoms with Crippen molar-refractivity contribution < 1.29 is 183 Å². The fraction of sp³-hybridized carbons (Fsp3) is 0.109. The molecule has 8 heterocycles. The van der Waals surface area contributed by atoms with E-state index in [9.17, 15) is 37.1 Å². The van der Waals surface area contributed by atoms with Crippen LogP contribution in [0.2, 0.25) is 0 Å². The second-order valence-corrected chi connectivity index (χ2v) is 28.8. The third kappa shape index (κ3) is 41.2. The minimum absolute atomic E-state index is 0. The number of allylic oxidation sites excluding steroid dienone is 10. The van der Waals surface area contributed by atoms with Crippen molar-refractivity contribution in [2.75, 3.05) is 19.0 Å². The third-order valence-electron chi connectivity index (χ3n) is 16.0. The summed E-state index contributed by atoms with van der Waals surface area (Å²) in [5.41, 5.74) is 11.6. The first kappa shape index (κ1) is 118. The fourth-order valence-corrected chi connectivity index (χ4v) is 12.8. The predicted octanol–water partition coefficient (Wildman–Crippen LogP) is 24.3. The smallest absolute Gasteiger partial charge is 0.381 e. The summed E-state index contributed by atoms with van der Waals surface area (Å²) < 4.78 is 50.2. The standard InChI is InChI=1S/C18H13N2O2S.C17H10NS.C13H8NO.C12H7F3N.C11H8N.C9H6BN.4C5H8O2.CH3.5Ir.Pt/c1-20(2)12-8-7-11-9-13(18(21)22-15(11)10-12)17-19-14-5-3-4-6-16(14)23-17;1-2-8-13-12(6-1)7-5-9-14(13)17-18-15-10-3-4-11-16(15)19-17;1-2-6-10(7-3-1)13-14-11-8-4-5-9-12(11)15-13;13-12(14,15)10-6-4-9(5-7-10)11-3-1-2-8-16-11;1-2-6-10(7-3-1)11-8-4-5-9-12-11;1-2-7-11-9(5-1)8-4-3-6-10-8;4*1-4(6)3-5(2)7;;;;;;;/h3-8,10H,1-2H3;1-8,10-11H;1-6,8-9H;1-4,6-8H;1-6,8-9H;1-3,5-7H;4*3,6H,1-2H3;1H3;;;;;;/q6*-1;;;;;-1;;;;;;. The number of aromatic nitrogens is 6. The molecule has 17 rings (SSSR count). The molecule has 9 aromatic carbocycles. The first-order valence-corrected chi connectivity index (χ1v) is 39.7. The van der Waals surface area contributed by atoms with Crippen molar-refractivity contribution in [3.63, 3.8) is 0 Å². The average Bonchev–Trinajstić information content (AvgIpc) is 1.70. The SMILES string of the molecule is CC(=O)C=C(C)O.CC(=O)C=C(C)O.CC(=O)C=C(C)O.CC(=O)C=C(C)O.CN(C)c1ccc2[c-]c(-c3nc4ccccc4s3)c(=O)oc2c1.FC(F)(F)c1c[c-]c(-c2ccccn2)cc1.[B]1C=C[C-]=C1c1ccccn1.[CH3-].[Ir].[Ir].[Ir].[Ir].[Ir].[Pt].[c-]1ccc2ccccc2c1-c1nc2ccccc2s1.[c-]1ccccc1-c1ccccn1.[c-]1ccccc1-c1nc2ccccc2o1. The van der Waals surface area contributed by atoms with Crippen LogP contribution in [0.15, 0.2) is 340 Å². The number of halogens is 3. The van der Waals surface area contributed by atoms with E-state index in [4.69, 9.17) is 34.2 Å². The Morgan fingerprint density at radius 2 is 0.908 bits per heavy atom. The van der Waals surface area contributed by atoms with Crippen LogP contribution in [0.5, 0.6) is 0 Å². The van der Waals surface area contributed by atoms with Gasteiger partial charge in [0, 0.05) is 199 Å². The number of aliphatic hydroxyl groups is 4. The van der Waals surface area contributed by atoms with Crippen molar-refractivity contribution in [2.45, 2.75) is 61.6 Å². The number of para-hydroxylation sites is 4. The van der Waals surface area contributed by atoms with Crippen LogP contribution in [0.1, 0.15) is 66.6 Å². The molecular weight excluding hydrogens is 2780 g/mol. The number of hydrogen-bond donors (Lipinski definition) is 4. The molecule has 0 saturated heterocycles. The van der Waals surface area contributed by atoms with Crippen molar-refractivity contribution in [3.05, 3.63) is 392 Å². The monoisotopic (exact) mass is 2870 g/mol. The molecule has 4 N–H and O–H groups in total. The Bertz CT molecular complexity index is 6210. The van der Waals surface area contributed by atoms with E-state index in [0.29, 0.717) is 33.3 Å². The Hall–Kier alpha value is -10.9. The van der Waals surface area contributed by atoms with Crippen LogP contribution in [0.4, 0.5) is 18.9 Å². The second kappa shape index (κ2) is 61.7. The molecule has 7 aromatic heterocycles. The van der Waals surface area contributed by atoms with E-state index in [1.165, 1.54) is 113 Å². The Kier molecular flexibility index (Phi) is 55.6. The van der Waals surface area contributed by atoms with Gasteiger partial charge in [0.1, 0.15) is 11.5 Å². The first-order chi connectivity index (χ1) is 59.5. The number of nitrogens with zero attached hydrogens (tertiary/aromatic N) is 7. The summed E-state index contributed by atoms with van der Waals surface area (Å²) in [5.74, 6) is 2.33. The molecular formula is C101H87BF3Ir5N7O11PtS2-7. The van der Waals surface area contributed by atoms with Crippen molar-refractivity contribution >= 4 is 118 Å². The fourth-order valence-electron chi connectivity index (χ4n) is 10.8. The van der Waals surface area contributed by atoms with Gasteiger partial charge in [-0.05, 0) is 144 Å². The zero-order chi connectivity index (χ0) is 89.5. The molecule has 0 spiro atoms. The number of alkyl halides is 3. The van der Waals surface area contributed by atoms with Crippen LogP contribution in [-0.2, 0) is 147 Å². The van der Waals surface area contributed by atoms with E-state index in [1.54, 1.807) is 48.1 Å². The normalized spacial score (nSPS) is 10.7. The number of fused-ring (bicyclic) bond motifs is 5. The first-order valence-electron chi connectivity index (χ1n) is 38.0. The van der Waals surface area contributed by atoms with E-state index in [2.05, 4.69) is 110 Å². The number of ketones is 4. The van der Waals surface area contributed by atoms with Crippen molar-refractivity contribution in [2.24, 2.45) is 0 Å². The van der Waals surface area contributed by atoms with Gasteiger partial charge in [-0.2, -0.15) is 53.5 Å². The van der Waals surface area contributed by atoms with E-state index >= 15 is 0 Å². The zero-order valence-electron chi connectivity index (χ0n) is 72.2. The Morgan fingerprint density at radius 3 is 1.33 bits per heavy atom. The zero-order valence-corrected chi connectivity index (χ0v) is 88.0. The van der Waals surface area contributed by atoms with Gasteiger partial charge < -0.3 is 56.5 Å². The number of pyridine rings is 3. The van der Waals surface area contributed by atoms with Crippen LogP contribution >= 0.6 is 22.7 Å². The molecule has 690 valence electrons. The van der Waals surface area contributed by atoms with Crippen LogP contribution in [-0.4, -0.2) is 94.8 Å². The van der Waals surface area contributed by atoms with Gasteiger partial charge in [0.15, 0.2) is 23.1 Å². The van der Waals surface area contributed by atoms with Crippen LogP contribution in [0.3, 0.4) is 0 Å². The van der Waals surface area contributed by atoms with Gasteiger partial charge in [-0.15, -0.1) is 137 Å². The van der Waals surface area contributed by atoms with Gasteiger partial charge in [-0.1, -0.05) is 119 Å². The largest absolute Gasteiger partial charge is 0.512 e.